The van der Waals surface area contributed by atoms with Crippen LogP contribution in [0.15, 0.2) is 18.1 Å². The molecule has 3 N–H and O–H groups in total. The average Bonchev–Trinajstić information content (AvgIpc) is 2.99. The van der Waals surface area contributed by atoms with Crippen LogP contribution in [0.4, 0.5) is 0 Å². The van der Waals surface area contributed by atoms with E-state index in [9.17, 15) is 24.9 Å². The highest BCUT2D eigenvalue weighted by molar-refractivity contribution is 8.08. The van der Waals surface area contributed by atoms with Crippen molar-refractivity contribution in [3.8, 4) is 0 Å². The number of nitrogens with zero attached hydrogens (tertiary/aromatic N) is 3. The summed E-state index contributed by atoms with van der Waals surface area (Å²) in [6, 6.07) is 0. The SMILES string of the molecule is CC(O)[C@H]1C(=O)N2C(C(=O)O)=C(n3ccnc3CO)S[C@H]12. The van der Waals surface area contributed by atoms with Gasteiger partial charge in [-0.25, -0.2) is 9.78 Å². The Balaban J connectivity index is 2.05. The molecule has 0 saturated carbocycles. The Kier molecular flexibility index (Phi) is 3.27. The molecule has 2 aliphatic heterocycles. The van der Waals surface area contributed by atoms with E-state index in [1.807, 2.05) is 0 Å². The quantitative estimate of drug-likeness (QED) is 0.642. The van der Waals surface area contributed by atoms with Gasteiger partial charge in [-0.1, -0.05) is 11.8 Å². The minimum Gasteiger partial charge on any atom is -0.476 e. The van der Waals surface area contributed by atoms with Crippen LogP contribution < -0.4 is 0 Å². The maximum atomic E-state index is 12.0. The van der Waals surface area contributed by atoms with E-state index in [0.717, 1.165) is 0 Å². The molecule has 2 aliphatic rings. The molecular formula is C12H13N3O5S. The zero-order valence-electron chi connectivity index (χ0n) is 11.0. The molecule has 1 unspecified atom stereocenters. The van der Waals surface area contributed by atoms with E-state index in [1.54, 1.807) is 0 Å². The zero-order valence-corrected chi connectivity index (χ0v) is 11.8. The Hall–Kier alpha value is -1.84. The van der Waals surface area contributed by atoms with Crippen LogP contribution in [0, 0.1) is 5.92 Å². The number of aromatic nitrogens is 2. The molecule has 1 amide bonds. The number of hydrogen-bond acceptors (Lipinski definition) is 6. The van der Waals surface area contributed by atoms with E-state index >= 15 is 0 Å². The van der Waals surface area contributed by atoms with Crippen molar-refractivity contribution in [2.24, 2.45) is 5.92 Å². The van der Waals surface area contributed by atoms with Gasteiger partial charge >= 0.3 is 5.97 Å². The summed E-state index contributed by atoms with van der Waals surface area (Å²) in [5.74, 6) is -1.96. The predicted molar refractivity (Wildman–Crippen MR) is 72.4 cm³/mol. The lowest BCUT2D eigenvalue weighted by atomic mass is 9.92. The van der Waals surface area contributed by atoms with Crippen LogP contribution in [0.25, 0.3) is 5.03 Å². The van der Waals surface area contributed by atoms with Crippen LogP contribution in [0.2, 0.25) is 0 Å². The van der Waals surface area contributed by atoms with Gasteiger partial charge in [-0.15, -0.1) is 0 Å². The summed E-state index contributed by atoms with van der Waals surface area (Å²) < 4.78 is 1.46. The molecule has 0 aromatic carbocycles. The smallest absolute Gasteiger partial charge is 0.355 e. The molecule has 9 heteroatoms. The Bertz CT molecular complexity index is 653. The number of thioether (sulfide) groups is 1. The third-order valence-corrected chi connectivity index (χ3v) is 4.92. The molecule has 3 atom stereocenters. The van der Waals surface area contributed by atoms with Gasteiger partial charge in [0.1, 0.15) is 22.8 Å². The number of imidazole rings is 1. The molecule has 3 heterocycles. The number of β-lactam (4-membered cyclic amide) rings is 1. The number of carboxylic acid groups (broad SMARTS) is 1. The third-order valence-electron chi connectivity index (χ3n) is 3.56. The molecule has 0 radical (unpaired) electrons. The average molecular weight is 311 g/mol. The first kappa shape index (κ1) is 14.1. The van der Waals surface area contributed by atoms with E-state index in [1.165, 1.54) is 40.5 Å². The second-order valence-corrected chi connectivity index (χ2v) is 5.92. The summed E-state index contributed by atoms with van der Waals surface area (Å²) in [4.78, 5) is 28.7. The molecule has 3 rings (SSSR count). The Morgan fingerprint density at radius 3 is 2.86 bits per heavy atom. The van der Waals surface area contributed by atoms with Crippen molar-refractivity contribution < 1.29 is 24.9 Å². The van der Waals surface area contributed by atoms with E-state index in [-0.39, 0.29) is 12.3 Å². The first-order valence-electron chi connectivity index (χ1n) is 6.26. The molecule has 21 heavy (non-hydrogen) atoms. The number of aliphatic hydroxyl groups is 2. The highest BCUT2D eigenvalue weighted by Crippen LogP contribution is 2.52. The second-order valence-electron chi connectivity index (χ2n) is 4.81. The van der Waals surface area contributed by atoms with Gasteiger partial charge in [-0.05, 0) is 6.92 Å². The largest absolute Gasteiger partial charge is 0.476 e. The van der Waals surface area contributed by atoms with Crippen LogP contribution in [0.1, 0.15) is 12.7 Å². The van der Waals surface area contributed by atoms with Gasteiger partial charge in [-0.2, -0.15) is 0 Å². The fraction of sp³-hybridized carbons (Fsp3) is 0.417. The lowest BCUT2D eigenvalue weighted by molar-refractivity contribution is -0.156. The molecular weight excluding hydrogens is 298 g/mol. The maximum absolute atomic E-state index is 12.0. The Labute approximate surface area is 123 Å². The summed E-state index contributed by atoms with van der Waals surface area (Å²) in [7, 11) is 0. The number of rotatable bonds is 4. The zero-order chi connectivity index (χ0) is 15.3. The highest BCUT2D eigenvalue weighted by atomic mass is 32.2. The molecule has 8 nitrogen and oxygen atoms in total. The van der Waals surface area contributed by atoms with E-state index < -0.39 is 29.3 Å². The minimum absolute atomic E-state index is 0.139. The molecule has 0 spiro atoms. The van der Waals surface area contributed by atoms with Crippen molar-refractivity contribution in [2.75, 3.05) is 0 Å². The molecule has 0 bridgehead atoms. The first-order chi connectivity index (χ1) is 9.97. The Morgan fingerprint density at radius 1 is 1.57 bits per heavy atom. The molecule has 1 aromatic heterocycles. The van der Waals surface area contributed by atoms with Gasteiger partial charge in [0, 0.05) is 12.4 Å². The van der Waals surface area contributed by atoms with Crippen molar-refractivity contribution >= 4 is 28.7 Å². The number of carbonyl (C=O) groups is 2. The van der Waals surface area contributed by atoms with Crippen molar-refractivity contribution in [2.45, 2.75) is 25.0 Å². The summed E-state index contributed by atoms with van der Waals surface area (Å²) in [5.41, 5.74) is -0.139. The van der Waals surface area contributed by atoms with Crippen LogP contribution in [0.5, 0.6) is 0 Å². The second kappa shape index (κ2) is 4.86. The number of aliphatic hydroxyl groups excluding tert-OH is 2. The number of carboxylic acids is 1. The highest BCUT2D eigenvalue weighted by Gasteiger charge is 2.58. The monoisotopic (exact) mass is 311 g/mol. The van der Waals surface area contributed by atoms with Gasteiger partial charge in [0.05, 0.1) is 12.0 Å². The van der Waals surface area contributed by atoms with Gasteiger partial charge in [0.15, 0.2) is 5.70 Å². The van der Waals surface area contributed by atoms with Crippen molar-refractivity contribution in [1.82, 2.24) is 14.5 Å². The topological polar surface area (TPSA) is 116 Å². The predicted octanol–water partition coefficient (Wildman–Crippen LogP) is -0.502. The van der Waals surface area contributed by atoms with E-state index in [2.05, 4.69) is 4.98 Å². The molecule has 1 saturated heterocycles. The maximum Gasteiger partial charge on any atom is 0.355 e. The van der Waals surface area contributed by atoms with Crippen molar-refractivity contribution in [1.29, 1.82) is 0 Å². The van der Waals surface area contributed by atoms with Crippen LogP contribution >= 0.6 is 11.8 Å². The number of fused-ring (bicyclic) bond motifs is 1. The Morgan fingerprint density at radius 2 is 2.29 bits per heavy atom. The normalized spacial score (nSPS) is 25.9. The van der Waals surface area contributed by atoms with Crippen molar-refractivity contribution in [3.05, 3.63) is 23.9 Å². The number of amides is 1. The van der Waals surface area contributed by atoms with Crippen LogP contribution in [0.3, 0.4) is 0 Å². The molecule has 112 valence electrons. The van der Waals surface area contributed by atoms with Crippen LogP contribution in [-0.4, -0.2) is 53.1 Å². The summed E-state index contributed by atoms with van der Waals surface area (Å²) in [6.45, 7) is 1.16. The van der Waals surface area contributed by atoms with Gasteiger partial charge in [0.25, 0.3) is 0 Å². The minimum atomic E-state index is -1.23. The molecule has 1 fully saturated rings. The third kappa shape index (κ3) is 1.88. The number of aliphatic carboxylic acids is 1. The lowest BCUT2D eigenvalue weighted by Gasteiger charge is -2.43. The summed E-state index contributed by atoms with van der Waals surface area (Å²) in [6.07, 6.45) is 2.13. The number of carbonyl (C=O) groups excluding carboxylic acids is 1. The first-order valence-corrected chi connectivity index (χ1v) is 7.14. The van der Waals surface area contributed by atoms with Gasteiger partial charge < -0.3 is 15.3 Å². The standard InChI is InChI=1S/C12H13N3O5S/c1-5(17)7-9(18)15-8(12(19)20)11(21-10(7)15)14-3-2-13-6(14)4-16/h2-3,5,7,10,16-17H,4H2,1H3,(H,19,20)/t5?,7-,10+/m0/s1. The van der Waals surface area contributed by atoms with Crippen molar-refractivity contribution in [3.63, 3.8) is 0 Å². The van der Waals surface area contributed by atoms with E-state index in [4.69, 9.17) is 0 Å². The lowest BCUT2D eigenvalue weighted by Crippen LogP contribution is -2.60. The summed E-state index contributed by atoms with van der Waals surface area (Å²) >= 11 is 1.18. The summed E-state index contributed by atoms with van der Waals surface area (Å²) in [5, 5.41) is 28.2. The fourth-order valence-electron chi connectivity index (χ4n) is 2.57. The van der Waals surface area contributed by atoms with Crippen LogP contribution in [-0.2, 0) is 16.2 Å². The fourth-order valence-corrected chi connectivity index (χ4v) is 4.18. The van der Waals surface area contributed by atoms with Gasteiger partial charge in [0.2, 0.25) is 5.91 Å². The van der Waals surface area contributed by atoms with Gasteiger partial charge in [-0.3, -0.25) is 14.3 Å². The molecule has 0 aliphatic carbocycles. The molecule has 1 aromatic rings. The number of hydrogen-bond donors (Lipinski definition) is 3. The van der Waals surface area contributed by atoms with E-state index in [0.29, 0.717) is 10.9 Å².